The minimum Gasteiger partial charge on any atom is -0.484 e. The van der Waals surface area contributed by atoms with Crippen molar-refractivity contribution in [3.05, 3.63) is 65.0 Å². The van der Waals surface area contributed by atoms with Crippen molar-refractivity contribution in [1.29, 1.82) is 5.26 Å². The summed E-state index contributed by atoms with van der Waals surface area (Å²) >= 11 is 6.18. The van der Waals surface area contributed by atoms with Crippen molar-refractivity contribution in [2.24, 2.45) is 0 Å². The zero-order valence-corrected chi connectivity index (χ0v) is 16.2. The van der Waals surface area contributed by atoms with Gasteiger partial charge < -0.3 is 14.1 Å². The zero-order valence-electron chi connectivity index (χ0n) is 15.4. The second-order valence-electron chi connectivity index (χ2n) is 6.66. The van der Waals surface area contributed by atoms with E-state index in [0.29, 0.717) is 33.7 Å². The maximum atomic E-state index is 12.7. The first-order valence-electron chi connectivity index (χ1n) is 9.14. The van der Waals surface area contributed by atoms with Gasteiger partial charge in [-0.15, -0.1) is 10.2 Å². The molecule has 0 bridgehead atoms. The largest absolute Gasteiger partial charge is 0.484 e. The summed E-state index contributed by atoms with van der Waals surface area (Å²) in [5.74, 6) is 0.962. The molecule has 1 aromatic heterocycles. The Kier molecular flexibility index (Phi) is 5.45. The average Bonchev–Trinajstić information content (AvgIpc) is 3.48. The molecule has 0 unspecified atom stereocenters. The number of hydrogen-bond donors (Lipinski definition) is 0. The molecule has 4 rings (SSSR count). The van der Waals surface area contributed by atoms with Crippen LogP contribution in [-0.4, -0.2) is 33.7 Å². The number of aromatic nitrogens is 2. The van der Waals surface area contributed by atoms with E-state index in [1.54, 1.807) is 41.3 Å². The molecule has 0 saturated heterocycles. The third-order valence-electron chi connectivity index (χ3n) is 4.51. The first kappa shape index (κ1) is 19.0. The highest BCUT2D eigenvalue weighted by Gasteiger charge is 2.34. The van der Waals surface area contributed by atoms with E-state index in [1.807, 2.05) is 18.2 Å². The normalized spacial score (nSPS) is 13.0. The Labute approximate surface area is 172 Å². The van der Waals surface area contributed by atoms with Crippen molar-refractivity contribution < 1.29 is 13.9 Å². The Morgan fingerprint density at radius 3 is 2.83 bits per heavy atom. The van der Waals surface area contributed by atoms with E-state index in [1.165, 1.54) is 0 Å². The zero-order chi connectivity index (χ0) is 20.2. The fraction of sp³-hybridized carbons (Fsp3) is 0.238. The van der Waals surface area contributed by atoms with E-state index in [2.05, 4.69) is 10.2 Å². The molecular weight excluding hydrogens is 392 g/mol. The van der Waals surface area contributed by atoms with Crippen LogP contribution in [0.4, 0.5) is 0 Å². The van der Waals surface area contributed by atoms with Gasteiger partial charge in [0.05, 0.1) is 28.8 Å². The number of carbonyl (C=O) groups excluding carboxylic acids is 1. The van der Waals surface area contributed by atoms with Crippen LogP contribution in [0.2, 0.25) is 5.02 Å². The summed E-state index contributed by atoms with van der Waals surface area (Å²) in [6.07, 6.45) is 1.86. The minimum absolute atomic E-state index is 0.128. The van der Waals surface area contributed by atoms with Gasteiger partial charge in [-0.1, -0.05) is 29.8 Å². The summed E-state index contributed by atoms with van der Waals surface area (Å²) < 4.78 is 11.3. The molecule has 29 heavy (non-hydrogen) atoms. The van der Waals surface area contributed by atoms with Gasteiger partial charge >= 0.3 is 0 Å². The lowest BCUT2D eigenvalue weighted by atomic mass is 10.2. The van der Waals surface area contributed by atoms with Gasteiger partial charge in [0, 0.05) is 6.04 Å². The molecule has 146 valence electrons. The van der Waals surface area contributed by atoms with Crippen molar-refractivity contribution in [2.75, 3.05) is 6.61 Å². The number of halogens is 1. The predicted octanol–water partition coefficient (Wildman–Crippen LogP) is 3.83. The van der Waals surface area contributed by atoms with Crippen LogP contribution in [0, 0.1) is 11.3 Å². The molecule has 8 heteroatoms. The molecule has 1 aliphatic carbocycles. The predicted molar refractivity (Wildman–Crippen MR) is 105 cm³/mol. The van der Waals surface area contributed by atoms with Gasteiger partial charge in [-0.25, -0.2) is 0 Å². The Balaban J connectivity index is 1.43. The summed E-state index contributed by atoms with van der Waals surface area (Å²) in [5, 5.41) is 17.6. The molecule has 7 nitrogen and oxygen atoms in total. The third kappa shape index (κ3) is 4.55. The molecule has 1 heterocycles. The molecule has 1 saturated carbocycles. The lowest BCUT2D eigenvalue weighted by Gasteiger charge is -2.20. The first-order chi connectivity index (χ1) is 14.1. The highest BCUT2D eigenvalue weighted by molar-refractivity contribution is 6.33. The molecule has 1 aliphatic rings. The van der Waals surface area contributed by atoms with Crippen LogP contribution >= 0.6 is 11.6 Å². The van der Waals surface area contributed by atoms with Gasteiger partial charge in [-0.2, -0.15) is 5.26 Å². The molecule has 0 atom stereocenters. The third-order valence-corrected chi connectivity index (χ3v) is 4.84. The highest BCUT2D eigenvalue weighted by atomic mass is 35.5. The van der Waals surface area contributed by atoms with Crippen LogP contribution in [0.1, 0.15) is 24.3 Å². The number of benzene rings is 2. The molecule has 0 N–H and O–H groups in total. The van der Waals surface area contributed by atoms with Crippen LogP contribution in [0.3, 0.4) is 0 Å². The van der Waals surface area contributed by atoms with Crippen molar-refractivity contribution in [1.82, 2.24) is 15.1 Å². The van der Waals surface area contributed by atoms with Crippen LogP contribution in [0.25, 0.3) is 11.5 Å². The monoisotopic (exact) mass is 408 g/mol. The number of nitrogens with zero attached hydrogens (tertiary/aromatic N) is 4. The summed E-state index contributed by atoms with van der Waals surface area (Å²) in [4.78, 5) is 14.4. The van der Waals surface area contributed by atoms with Crippen molar-refractivity contribution in [3.8, 4) is 23.3 Å². The van der Waals surface area contributed by atoms with E-state index in [9.17, 15) is 4.79 Å². The maximum absolute atomic E-state index is 12.7. The quantitative estimate of drug-likeness (QED) is 0.589. The number of ether oxygens (including phenoxy) is 1. The standard InChI is InChI=1S/C21H17ClN4O3/c22-18-7-2-1-6-17(18)21-25-24-19(29-21)12-26(15-8-9-15)20(27)13-28-16-5-3-4-14(10-16)11-23/h1-7,10,15H,8-9,12-13H2. The molecule has 1 fully saturated rings. The molecule has 3 aromatic rings. The summed E-state index contributed by atoms with van der Waals surface area (Å²) in [7, 11) is 0. The fourth-order valence-corrected chi connectivity index (χ4v) is 3.11. The number of nitriles is 1. The van der Waals surface area contributed by atoms with Gasteiger partial charge in [0.25, 0.3) is 5.91 Å². The van der Waals surface area contributed by atoms with Gasteiger partial charge in [-0.05, 0) is 43.2 Å². The summed E-state index contributed by atoms with van der Waals surface area (Å²) in [5.41, 5.74) is 1.13. The average molecular weight is 409 g/mol. The first-order valence-corrected chi connectivity index (χ1v) is 9.51. The van der Waals surface area contributed by atoms with E-state index in [-0.39, 0.29) is 25.1 Å². The van der Waals surface area contributed by atoms with Crippen molar-refractivity contribution in [3.63, 3.8) is 0 Å². The Morgan fingerprint density at radius 1 is 1.24 bits per heavy atom. The van der Waals surface area contributed by atoms with Gasteiger partial charge in [-0.3, -0.25) is 4.79 Å². The van der Waals surface area contributed by atoms with E-state index in [4.69, 9.17) is 26.0 Å². The topological polar surface area (TPSA) is 92.2 Å². The number of hydrogen-bond acceptors (Lipinski definition) is 6. The van der Waals surface area contributed by atoms with E-state index in [0.717, 1.165) is 12.8 Å². The summed E-state index contributed by atoms with van der Waals surface area (Å²) in [6.45, 7) is 0.0828. The Bertz CT molecular complexity index is 1070. The van der Waals surface area contributed by atoms with Gasteiger partial charge in [0.15, 0.2) is 6.61 Å². The lowest BCUT2D eigenvalue weighted by Crippen LogP contribution is -2.36. The molecule has 2 aromatic carbocycles. The molecule has 0 spiro atoms. The summed E-state index contributed by atoms with van der Waals surface area (Å²) in [6, 6.07) is 16.1. The number of carbonyl (C=O) groups is 1. The lowest BCUT2D eigenvalue weighted by molar-refractivity contribution is -0.134. The van der Waals surface area contributed by atoms with E-state index < -0.39 is 0 Å². The van der Waals surface area contributed by atoms with Crippen LogP contribution in [0.15, 0.2) is 52.9 Å². The maximum Gasteiger partial charge on any atom is 0.261 e. The number of amides is 1. The van der Waals surface area contributed by atoms with Crippen LogP contribution < -0.4 is 4.74 Å². The van der Waals surface area contributed by atoms with Crippen molar-refractivity contribution >= 4 is 17.5 Å². The smallest absolute Gasteiger partial charge is 0.261 e. The SMILES string of the molecule is N#Cc1cccc(OCC(=O)N(Cc2nnc(-c3ccccc3Cl)o2)C2CC2)c1. The number of rotatable bonds is 7. The molecular formula is C21H17ClN4O3. The Morgan fingerprint density at radius 2 is 2.07 bits per heavy atom. The van der Waals surface area contributed by atoms with Crippen LogP contribution in [0.5, 0.6) is 5.75 Å². The van der Waals surface area contributed by atoms with Crippen molar-refractivity contribution in [2.45, 2.75) is 25.4 Å². The van der Waals surface area contributed by atoms with Gasteiger partial charge in [0.1, 0.15) is 5.75 Å². The van der Waals surface area contributed by atoms with Gasteiger partial charge in [0.2, 0.25) is 11.8 Å². The molecule has 1 amide bonds. The Hall–Kier alpha value is -3.37. The van der Waals surface area contributed by atoms with E-state index >= 15 is 0 Å². The second-order valence-corrected chi connectivity index (χ2v) is 7.07. The molecule has 0 radical (unpaired) electrons. The van der Waals surface area contributed by atoms with Crippen LogP contribution in [-0.2, 0) is 11.3 Å². The highest BCUT2D eigenvalue weighted by Crippen LogP contribution is 2.30. The minimum atomic E-state index is -0.174. The fourth-order valence-electron chi connectivity index (χ4n) is 2.90. The molecule has 0 aliphatic heterocycles. The second kappa shape index (κ2) is 8.33.